The van der Waals surface area contributed by atoms with Gasteiger partial charge in [0.2, 0.25) is 21.3 Å². The Kier molecular flexibility index (Phi) is 5.34. The summed E-state index contributed by atoms with van der Waals surface area (Å²) in [7, 11) is -2.19. The van der Waals surface area contributed by atoms with Crippen LogP contribution in [-0.4, -0.2) is 34.5 Å². The van der Waals surface area contributed by atoms with Crippen LogP contribution in [-0.2, 0) is 14.6 Å². The predicted octanol–water partition coefficient (Wildman–Crippen LogP) is 2.20. The highest BCUT2D eigenvalue weighted by atomic mass is 32.2. The van der Waals surface area contributed by atoms with Crippen LogP contribution in [0.15, 0.2) is 64.5 Å². The Morgan fingerprint density at radius 3 is 2.47 bits per heavy atom. The van der Waals surface area contributed by atoms with Crippen molar-refractivity contribution in [1.82, 2.24) is 0 Å². The molecular formula is C22H24N3O4S+. The molecule has 1 aliphatic rings. The van der Waals surface area contributed by atoms with Crippen molar-refractivity contribution in [3.8, 4) is 5.75 Å². The molecule has 1 aromatic heterocycles. The minimum atomic E-state index is -3.77. The maximum Gasteiger partial charge on any atom is 0.220 e. The second-order valence-electron chi connectivity index (χ2n) is 7.39. The van der Waals surface area contributed by atoms with Crippen molar-refractivity contribution in [1.29, 1.82) is 0 Å². The number of ether oxygens (including phenoxy) is 1. The summed E-state index contributed by atoms with van der Waals surface area (Å²) in [4.78, 5) is 17.2. The van der Waals surface area contributed by atoms with Crippen molar-refractivity contribution in [3.05, 3.63) is 54.7 Å². The van der Waals surface area contributed by atoms with Gasteiger partial charge in [0, 0.05) is 25.1 Å². The van der Waals surface area contributed by atoms with Crippen molar-refractivity contribution in [2.45, 2.75) is 22.6 Å². The van der Waals surface area contributed by atoms with E-state index in [1.807, 2.05) is 23.1 Å². The number of pyridine rings is 1. The van der Waals surface area contributed by atoms with Crippen molar-refractivity contribution in [2.75, 3.05) is 25.1 Å². The van der Waals surface area contributed by atoms with Crippen LogP contribution in [0.3, 0.4) is 0 Å². The Hall–Kier alpha value is -3.13. The molecule has 0 spiro atoms. The Bertz CT molecular complexity index is 1190. The Balaban J connectivity index is 1.90. The minimum absolute atomic E-state index is 0.188. The summed E-state index contributed by atoms with van der Waals surface area (Å²) < 4.78 is 32.4. The molecule has 0 aliphatic carbocycles. The molecule has 1 fully saturated rings. The fraction of sp³-hybridized carbons (Fsp3) is 0.273. The minimum Gasteiger partial charge on any atom is -0.497 e. The number of amides is 1. The van der Waals surface area contributed by atoms with E-state index in [1.54, 1.807) is 43.6 Å². The molecule has 2 aromatic carbocycles. The lowest BCUT2D eigenvalue weighted by Crippen LogP contribution is -2.39. The zero-order valence-corrected chi connectivity index (χ0v) is 17.5. The third-order valence-corrected chi connectivity index (χ3v) is 7.41. The Morgan fingerprint density at radius 2 is 1.83 bits per heavy atom. The van der Waals surface area contributed by atoms with Gasteiger partial charge in [0.15, 0.2) is 11.1 Å². The molecule has 0 saturated carbocycles. The highest BCUT2D eigenvalue weighted by Gasteiger charge is 2.32. The number of H-pyrrole nitrogens is 1. The molecule has 8 heteroatoms. The number of hydrogen-bond acceptors (Lipinski definition) is 5. The van der Waals surface area contributed by atoms with E-state index in [4.69, 9.17) is 10.5 Å². The summed E-state index contributed by atoms with van der Waals surface area (Å²) in [5.41, 5.74) is 6.90. The number of nitrogens with zero attached hydrogens (tertiary/aromatic N) is 1. The highest BCUT2D eigenvalue weighted by Crippen LogP contribution is 2.37. The molecule has 30 heavy (non-hydrogen) atoms. The lowest BCUT2D eigenvalue weighted by Gasteiger charge is -2.33. The van der Waals surface area contributed by atoms with Gasteiger partial charge >= 0.3 is 0 Å². The third kappa shape index (κ3) is 3.59. The second kappa shape index (κ2) is 7.95. The van der Waals surface area contributed by atoms with E-state index >= 15 is 0 Å². The first-order chi connectivity index (χ1) is 14.4. The summed E-state index contributed by atoms with van der Waals surface area (Å²) in [5, 5.41) is 0.754. The normalized spacial score (nSPS) is 15.3. The molecule has 0 radical (unpaired) electrons. The molecular weight excluding hydrogens is 402 g/mol. The van der Waals surface area contributed by atoms with Gasteiger partial charge in [0.05, 0.1) is 23.1 Å². The summed E-state index contributed by atoms with van der Waals surface area (Å²) in [6.45, 7) is 1.09. The first kappa shape index (κ1) is 20.2. The molecule has 156 valence electrons. The average molecular weight is 427 g/mol. The fourth-order valence-electron chi connectivity index (χ4n) is 3.96. The number of carbonyl (C=O) groups excluding carboxylic acids is 1. The number of sulfone groups is 1. The molecule has 0 bridgehead atoms. The number of methoxy groups -OCH3 is 1. The zero-order valence-electron chi connectivity index (χ0n) is 16.7. The second-order valence-corrected chi connectivity index (χ2v) is 9.31. The number of rotatable bonds is 5. The van der Waals surface area contributed by atoms with Gasteiger partial charge in [0.1, 0.15) is 5.75 Å². The number of aromatic amines is 1. The van der Waals surface area contributed by atoms with Crippen molar-refractivity contribution >= 4 is 32.3 Å². The molecule has 1 amide bonds. The SMILES string of the molecule is COc1ccc2[nH+]cc(S(=O)(=O)c3ccccc3)c(N3CCC(C(N)=O)CC3)c2c1. The molecule has 3 N–H and O–H groups in total. The first-order valence-corrected chi connectivity index (χ1v) is 11.3. The highest BCUT2D eigenvalue weighted by molar-refractivity contribution is 7.91. The van der Waals surface area contributed by atoms with Crippen LogP contribution in [0, 0.1) is 5.92 Å². The molecule has 4 rings (SSSR count). The van der Waals surface area contributed by atoms with E-state index in [1.165, 1.54) is 0 Å². The van der Waals surface area contributed by atoms with E-state index in [2.05, 4.69) is 4.98 Å². The van der Waals surface area contributed by atoms with Gasteiger partial charge in [-0.1, -0.05) is 18.2 Å². The van der Waals surface area contributed by atoms with Crippen molar-refractivity contribution in [3.63, 3.8) is 0 Å². The van der Waals surface area contributed by atoms with Crippen LogP contribution in [0.5, 0.6) is 5.75 Å². The van der Waals surface area contributed by atoms with Crippen LogP contribution >= 0.6 is 0 Å². The van der Waals surface area contributed by atoms with Gasteiger partial charge in [-0.25, -0.2) is 13.4 Å². The lowest BCUT2D eigenvalue weighted by atomic mass is 9.95. The number of primary amides is 1. The maximum atomic E-state index is 13.5. The number of fused-ring (bicyclic) bond motifs is 1. The summed E-state index contributed by atoms with van der Waals surface area (Å²) in [5.74, 6) is 0.143. The van der Waals surface area contributed by atoms with Gasteiger partial charge < -0.3 is 15.4 Å². The number of nitrogens with two attached hydrogens (primary N) is 1. The van der Waals surface area contributed by atoms with Gasteiger partial charge in [-0.2, -0.15) is 0 Å². The average Bonchev–Trinajstić information content (AvgIpc) is 2.78. The van der Waals surface area contributed by atoms with Gasteiger partial charge in [0.25, 0.3) is 0 Å². The van der Waals surface area contributed by atoms with Crippen molar-refractivity contribution < 1.29 is 22.9 Å². The smallest absolute Gasteiger partial charge is 0.220 e. The molecule has 0 atom stereocenters. The summed E-state index contributed by atoms with van der Waals surface area (Å²) in [6, 6.07) is 13.9. The quantitative estimate of drug-likeness (QED) is 0.674. The Labute approximate surface area is 175 Å². The van der Waals surface area contributed by atoms with Crippen LogP contribution in [0.2, 0.25) is 0 Å². The summed E-state index contributed by atoms with van der Waals surface area (Å²) in [6.07, 6.45) is 2.72. The fourth-order valence-corrected chi connectivity index (χ4v) is 5.44. The molecule has 3 aromatic rings. The zero-order chi connectivity index (χ0) is 21.3. The topological polar surface area (TPSA) is 104 Å². The van der Waals surface area contributed by atoms with Crippen molar-refractivity contribution in [2.24, 2.45) is 11.7 Å². The maximum absolute atomic E-state index is 13.5. The van der Waals surface area contributed by atoms with E-state index in [-0.39, 0.29) is 21.6 Å². The van der Waals surface area contributed by atoms with Crippen LogP contribution < -0.4 is 20.4 Å². The van der Waals surface area contributed by atoms with E-state index in [0.29, 0.717) is 37.4 Å². The third-order valence-electron chi connectivity index (χ3n) is 5.63. The number of hydrogen-bond donors (Lipinski definition) is 1. The number of carbonyl (C=O) groups is 1. The summed E-state index contributed by atoms with van der Waals surface area (Å²) >= 11 is 0. The van der Waals surface area contributed by atoms with Gasteiger partial charge in [-0.15, -0.1) is 0 Å². The number of aromatic nitrogens is 1. The standard InChI is InChI=1S/C22H23N3O4S/c1-29-16-7-8-19-18(13-16)21(25-11-9-15(10-12-25)22(23)26)20(14-24-19)30(27,28)17-5-3-2-4-6-17/h2-8,13-15H,9-12H2,1H3,(H2,23,26)/p+1. The molecule has 7 nitrogen and oxygen atoms in total. The molecule has 1 saturated heterocycles. The number of benzene rings is 2. The number of anilines is 1. The first-order valence-electron chi connectivity index (χ1n) is 9.78. The predicted molar refractivity (Wildman–Crippen MR) is 113 cm³/mol. The van der Waals surface area contributed by atoms with Crippen LogP contribution in [0.4, 0.5) is 5.69 Å². The monoisotopic (exact) mass is 426 g/mol. The molecule has 2 heterocycles. The number of nitrogens with one attached hydrogen (secondary N) is 1. The van der Waals surface area contributed by atoms with E-state index in [9.17, 15) is 13.2 Å². The van der Waals surface area contributed by atoms with E-state index < -0.39 is 9.84 Å². The van der Waals surface area contributed by atoms with Crippen LogP contribution in [0.1, 0.15) is 12.8 Å². The Morgan fingerprint density at radius 1 is 1.13 bits per heavy atom. The largest absolute Gasteiger partial charge is 0.497 e. The molecule has 1 aliphatic heterocycles. The molecule has 0 unspecified atom stereocenters. The number of piperidine rings is 1. The van der Waals surface area contributed by atoms with Crippen LogP contribution in [0.25, 0.3) is 10.9 Å². The lowest BCUT2D eigenvalue weighted by molar-refractivity contribution is -0.347. The van der Waals surface area contributed by atoms with Gasteiger partial charge in [-0.3, -0.25) is 4.79 Å². The van der Waals surface area contributed by atoms with Gasteiger partial charge in [-0.05, 0) is 37.1 Å². The van der Waals surface area contributed by atoms with E-state index in [0.717, 1.165) is 10.9 Å².